The molecule has 2 aromatic rings. The van der Waals surface area contributed by atoms with Gasteiger partial charge in [0.25, 0.3) is 5.91 Å². The Morgan fingerprint density at radius 1 is 1.08 bits per heavy atom. The van der Waals surface area contributed by atoms with E-state index in [4.69, 9.17) is 0 Å². The van der Waals surface area contributed by atoms with Gasteiger partial charge in [0.2, 0.25) is 10.0 Å². The third-order valence-corrected chi connectivity index (χ3v) is 7.31. The molecule has 0 radical (unpaired) electrons. The van der Waals surface area contributed by atoms with Crippen LogP contribution >= 0.6 is 27.3 Å². The first-order valence-electron chi connectivity index (χ1n) is 7.19. The Morgan fingerprint density at radius 2 is 1.75 bits per heavy atom. The van der Waals surface area contributed by atoms with Gasteiger partial charge in [-0.15, -0.1) is 11.3 Å². The van der Waals surface area contributed by atoms with Gasteiger partial charge in [0.05, 0.1) is 8.66 Å². The lowest BCUT2D eigenvalue weighted by Crippen LogP contribution is -2.50. The standard InChI is InChI=1S/C15H14BrFN2O3S2/c16-14-6-5-12(23-14)15(20)18-7-9-19(10-8-18)24(21,22)13-4-2-1-3-11(13)17/h1-6H,7-10H2. The van der Waals surface area contributed by atoms with Crippen molar-refractivity contribution in [1.82, 2.24) is 9.21 Å². The summed E-state index contributed by atoms with van der Waals surface area (Å²) in [5.74, 6) is -0.881. The molecule has 1 aliphatic heterocycles. The van der Waals surface area contributed by atoms with Crippen molar-refractivity contribution < 1.29 is 17.6 Å². The van der Waals surface area contributed by atoms with E-state index in [-0.39, 0.29) is 37.0 Å². The minimum atomic E-state index is -3.89. The van der Waals surface area contributed by atoms with Crippen molar-refractivity contribution in [3.8, 4) is 0 Å². The Labute approximate surface area is 151 Å². The van der Waals surface area contributed by atoms with Crippen LogP contribution in [0.15, 0.2) is 45.1 Å². The molecule has 0 bridgehead atoms. The van der Waals surface area contributed by atoms with Gasteiger partial charge in [0, 0.05) is 26.2 Å². The maximum atomic E-state index is 13.8. The van der Waals surface area contributed by atoms with Crippen LogP contribution in [-0.2, 0) is 10.0 Å². The lowest BCUT2D eigenvalue weighted by molar-refractivity contribution is 0.0702. The molecular weight excluding hydrogens is 419 g/mol. The van der Waals surface area contributed by atoms with Gasteiger partial charge in [-0.3, -0.25) is 4.79 Å². The number of hydrogen-bond acceptors (Lipinski definition) is 4. The molecule has 0 spiro atoms. The molecule has 1 aromatic carbocycles. The average molecular weight is 433 g/mol. The molecule has 0 atom stereocenters. The van der Waals surface area contributed by atoms with Crippen LogP contribution in [0.5, 0.6) is 0 Å². The number of amides is 1. The zero-order chi connectivity index (χ0) is 17.3. The fraction of sp³-hybridized carbons (Fsp3) is 0.267. The smallest absolute Gasteiger partial charge is 0.264 e. The van der Waals surface area contributed by atoms with Gasteiger partial charge in [-0.2, -0.15) is 4.31 Å². The van der Waals surface area contributed by atoms with Crippen molar-refractivity contribution in [2.45, 2.75) is 4.90 Å². The van der Waals surface area contributed by atoms with Gasteiger partial charge in [0.15, 0.2) is 0 Å². The van der Waals surface area contributed by atoms with E-state index in [9.17, 15) is 17.6 Å². The highest BCUT2D eigenvalue weighted by Crippen LogP contribution is 2.25. The quantitative estimate of drug-likeness (QED) is 0.748. The summed E-state index contributed by atoms with van der Waals surface area (Å²) in [4.78, 5) is 14.3. The molecule has 0 aliphatic carbocycles. The van der Waals surface area contributed by atoms with Gasteiger partial charge < -0.3 is 4.90 Å². The number of piperazine rings is 1. The third-order valence-electron chi connectivity index (χ3n) is 3.76. The molecular formula is C15H14BrFN2O3S2. The van der Waals surface area contributed by atoms with Crippen LogP contribution in [0.4, 0.5) is 4.39 Å². The van der Waals surface area contributed by atoms with E-state index in [1.165, 1.54) is 33.8 Å². The van der Waals surface area contributed by atoms with Crippen LogP contribution in [0.3, 0.4) is 0 Å². The van der Waals surface area contributed by atoms with E-state index in [0.29, 0.717) is 4.88 Å². The van der Waals surface area contributed by atoms with Gasteiger partial charge in [0.1, 0.15) is 10.7 Å². The van der Waals surface area contributed by atoms with E-state index in [1.807, 2.05) is 0 Å². The van der Waals surface area contributed by atoms with E-state index in [2.05, 4.69) is 15.9 Å². The van der Waals surface area contributed by atoms with E-state index in [1.54, 1.807) is 17.0 Å². The first-order valence-corrected chi connectivity index (χ1v) is 10.2. The normalized spacial score (nSPS) is 16.3. The summed E-state index contributed by atoms with van der Waals surface area (Å²) >= 11 is 4.66. The molecule has 1 aliphatic rings. The highest BCUT2D eigenvalue weighted by Gasteiger charge is 2.32. The van der Waals surface area contributed by atoms with Crippen molar-refractivity contribution in [2.75, 3.05) is 26.2 Å². The second-order valence-electron chi connectivity index (χ2n) is 5.23. The van der Waals surface area contributed by atoms with Gasteiger partial charge in [-0.25, -0.2) is 12.8 Å². The monoisotopic (exact) mass is 432 g/mol. The van der Waals surface area contributed by atoms with Gasteiger partial charge in [-0.1, -0.05) is 12.1 Å². The topological polar surface area (TPSA) is 57.7 Å². The van der Waals surface area contributed by atoms with Crippen LogP contribution in [0.1, 0.15) is 9.67 Å². The molecule has 1 amide bonds. The number of benzene rings is 1. The van der Waals surface area contributed by atoms with Crippen molar-refractivity contribution in [3.63, 3.8) is 0 Å². The lowest BCUT2D eigenvalue weighted by atomic mass is 10.3. The van der Waals surface area contributed by atoms with Crippen LogP contribution in [-0.4, -0.2) is 49.7 Å². The maximum absolute atomic E-state index is 13.8. The molecule has 1 aromatic heterocycles. The zero-order valence-corrected chi connectivity index (χ0v) is 15.7. The van der Waals surface area contributed by atoms with E-state index >= 15 is 0 Å². The molecule has 9 heteroatoms. The van der Waals surface area contributed by atoms with Gasteiger partial charge in [-0.05, 0) is 40.2 Å². The second-order valence-corrected chi connectivity index (χ2v) is 9.60. The number of halogens is 2. The van der Waals surface area contributed by atoms with Crippen molar-refractivity contribution in [1.29, 1.82) is 0 Å². The molecule has 0 saturated carbocycles. The summed E-state index contributed by atoms with van der Waals surface area (Å²) in [6.45, 7) is 0.855. The molecule has 24 heavy (non-hydrogen) atoms. The molecule has 0 unspecified atom stereocenters. The second kappa shape index (κ2) is 6.91. The SMILES string of the molecule is O=C(c1ccc(Br)s1)N1CCN(S(=O)(=O)c2ccccc2F)CC1. The minimum absolute atomic E-state index is 0.117. The summed E-state index contributed by atoms with van der Waals surface area (Å²) in [5, 5.41) is 0. The third kappa shape index (κ3) is 3.39. The average Bonchev–Trinajstić information content (AvgIpc) is 3.01. The van der Waals surface area contributed by atoms with Crippen LogP contribution in [0, 0.1) is 5.82 Å². The zero-order valence-electron chi connectivity index (χ0n) is 12.5. The summed E-state index contributed by atoms with van der Waals surface area (Å²) < 4.78 is 41.0. The van der Waals surface area contributed by atoms with Crippen molar-refractivity contribution >= 4 is 43.2 Å². The lowest BCUT2D eigenvalue weighted by Gasteiger charge is -2.33. The first kappa shape index (κ1) is 17.5. The van der Waals surface area contributed by atoms with E-state index < -0.39 is 15.8 Å². The summed E-state index contributed by atoms with van der Waals surface area (Å²) in [5.41, 5.74) is 0. The number of hydrogen-bond donors (Lipinski definition) is 0. The number of thiophene rings is 1. The predicted molar refractivity (Wildman–Crippen MR) is 93.1 cm³/mol. The van der Waals surface area contributed by atoms with Crippen LogP contribution in [0.2, 0.25) is 0 Å². The molecule has 1 fully saturated rings. The Kier molecular flexibility index (Phi) is 5.05. The molecule has 3 rings (SSSR count). The summed E-state index contributed by atoms with van der Waals surface area (Å²) in [7, 11) is -3.89. The van der Waals surface area contributed by atoms with Crippen LogP contribution < -0.4 is 0 Å². The van der Waals surface area contributed by atoms with E-state index in [0.717, 1.165) is 9.85 Å². The Bertz CT molecular complexity index is 861. The van der Waals surface area contributed by atoms with Crippen molar-refractivity contribution in [2.24, 2.45) is 0 Å². The Hall–Kier alpha value is -1.29. The Morgan fingerprint density at radius 3 is 2.33 bits per heavy atom. The number of rotatable bonds is 3. The first-order chi connectivity index (χ1) is 11.4. The molecule has 5 nitrogen and oxygen atoms in total. The summed E-state index contributed by atoms with van der Waals surface area (Å²) in [6.07, 6.45) is 0. The number of carbonyl (C=O) groups is 1. The highest BCUT2D eigenvalue weighted by atomic mass is 79.9. The van der Waals surface area contributed by atoms with Crippen molar-refractivity contribution in [3.05, 3.63) is 50.9 Å². The molecule has 2 heterocycles. The Balaban J connectivity index is 1.71. The molecule has 128 valence electrons. The number of carbonyl (C=O) groups excluding carboxylic acids is 1. The van der Waals surface area contributed by atoms with Gasteiger partial charge >= 0.3 is 0 Å². The fourth-order valence-electron chi connectivity index (χ4n) is 2.51. The maximum Gasteiger partial charge on any atom is 0.264 e. The van der Waals surface area contributed by atoms with Crippen LogP contribution in [0.25, 0.3) is 0 Å². The largest absolute Gasteiger partial charge is 0.335 e. The number of nitrogens with zero attached hydrogens (tertiary/aromatic N) is 2. The molecule has 0 N–H and O–H groups in total. The minimum Gasteiger partial charge on any atom is -0.335 e. The highest BCUT2D eigenvalue weighted by molar-refractivity contribution is 9.11. The summed E-state index contributed by atoms with van der Waals surface area (Å²) in [6, 6.07) is 8.86. The number of sulfonamides is 1. The fourth-order valence-corrected chi connectivity index (χ4v) is 5.35. The molecule has 1 saturated heterocycles. The predicted octanol–water partition coefficient (Wildman–Crippen LogP) is 2.80.